The minimum Gasteiger partial charge on any atom is -0.437 e. The molecule has 0 spiro atoms. The maximum Gasteiger partial charge on any atom is 0.248 e. The molecule has 2 N–H and O–H groups in total. The summed E-state index contributed by atoms with van der Waals surface area (Å²) < 4.78 is 18.7. The molecule has 1 amide bonds. The molecule has 3 rings (SSSR count). The molecule has 10 heteroatoms. The summed E-state index contributed by atoms with van der Waals surface area (Å²) in [5, 5.41) is 6.99. The number of benzene rings is 2. The Morgan fingerprint density at radius 3 is 2.79 bits per heavy atom. The van der Waals surface area contributed by atoms with Crippen molar-refractivity contribution < 1.29 is 13.9 Å². The number of carbonyl (C=O) groups excluding carboxylic acids is 1. The summed E-state index contributed by atoms with van der Waals surface area (Å²) in [4.78, 5) is 22.2. The first-order valence-electron chi connectivity index (χ1n) is 9.86. The second-order valence-corrected chi connectivity index (χ2v) is 7.46. The molecule has 2 aromatic carbocycles. The summed E-state index contributed by atoms with van der Waals surface area (Å²) in [5.41, 5.74) is 3.93. The average Bonchev–Trinajstić information content (AvgIpc) is 2.77. The van der Waals surface area contributed by atoms with Gasteiger partial charge in [-0.3, -0.25) is 4.79 Å². The van der Waals surface area contributed by atoms with E-state index in [1.807, 2.05) is 19.0 Å². The van der Waals surface area contributed by atoms with E-state index in [-0.39, 0.29) is 28.6 Å². The summed E-state index contributed by atoms with van der Waals surface area (Å²) in [6.45, 7) is 0.660. The average molecular weight is 469 g/mol. The molecule has 0 saturated heterocycles. The van der Waals surface area contributed by atoms with Gasteiger partial charge in [-0.05, 0) is 43.9 Å². The highest BCUT2D eigenvalue weighted by Crippen LogP contribution is 2.29. The monoisotopic (exact) mass is 468 g/mol. The zero-order valence-electron chi connectivity index (χ0n) is 18.0. The molecule has 0 saturated carbocycles. The molecule has 0 fully saturated rings. The zero-order valence-corrected chi connectivity index (χ0v) is 18.8. The largest absolute Gasteiger partial charge is 0.437 e. The van der Waals surface area contributed by atoms with E-state index in [0.717, 1.165) is 0 Å². The Labute approximate surface area is 195 Å². The van der Waals surface area contributed by atoms with Crippen molar-refractivity contribution in [3.63, 3.8) is 0 Å². The van der Waals surface area contributed by atoms with Gasteiger partial charge in [-0.2, -0.15) is 10.1 Å². The van der Waals surface area contributed by atoms with Gasteiger partial charge in [0.1, 0.15) is 16.6 Å². The molecular formula is C23H22ClFN6O2. The Morgan fingerprint density at radius 1 is 1.24 bits per heavy atom. The van der Waals surface area contributed by atoms with Crippen LogP contribution < -0.4 is 15.5 Å². The fourth-order valence-electron chi connectivity index (χ4n) is 2.49. The molecule has 3 aromatic rings. The maximum atomic E-state index is 13.0. The summed E-state index contributed by atoms with van der Waals surface area (Å²) in [6, 6.07) is 12.7. The second kappa shape index (κ2) is 11.7. The molecule has 0 unspecified atom stereocenters. The van der Waals surface area contributed by atoms with Crippen LogP contribution >= 0.6 is 11.6 Å². The van der Waals surface area contributed by atoms with E-state index < -0.39 is 0 Å². The number of nitrogens with one attached hydrogen (secondary N) is 2. The highest BCUT2D eigenvalue weighted by atomic mass is 35.5. The maximum absolute atomic E-state index is 13.0. The third-order valence-corrected chi connectivity index (χ3v) is 4.28. The molecular weight excluding hydrogens is 447 g/mol. The second-order valence-electron chi connectivity index (χ2n) is 7.05. The molecule has 1 heterocycles. The third kappa shape index (κ3) is 7.99. The first-order valence-corrected chi connectivity index (χ1v) is 10.2. The van der Waals surface area contributed by atoms with Crippen LogP contribution in [0.3, 0.4) is 0 Å². The standard InChI is InChI=1S/C23H22ClFN6O2/c1-31(2)12-4-7-21(32)28-18-5-3-6-19(13-18)33-22-20(24)15-26-23(29-22)30-27-14-16-8-10-17(25)11-9-16/h3-11,13-15H,12H2,1-2H3,(H,28,32)(H,26,29,30)/b7-4+,27-14+. The number of amides is 1. The van der Waals surface area contributed by atoms with Gasteiger partial charge in [0.05, 0.1) is 12.4 Å². The molecule has 0 bridgehead atoms. The number of likely N-dealkylation sites (N-methyl/N-ethyl adjacent to an activating group) is 1. The van der Waals surface area contributed by atoms with Gasteiger partial charge in [-0.15, -0.1) is 0 Å². The minimum atomic E-state index is -0.327. The van der Waals surface area contributed by atoms with E-state index >= 15 is 0 Å². The predicted molar refractivity (Wildman–Crippen MR) is 127 cm³/mol. The molecule has 33 heavy (non-hydrogen) atoms. The number of carbonyl (C=O) groups is 1. The van der Waals surface area contributed by atoms with Crippen LogP contribution in [0.4, 0.5) is 16.0 Å². The van der Waals surface area contributed by atoms with Crippen LogP contribution in [-0.2, 0) is 4.79 Å². The normalized spacial score (nSPS) is 11.3. The summed E-state index contributed by atoms with van der Waals surface area (Å²) in [7, 11) is 3.83. The summed E-state index contributed by atoms with van der Waals surface area (Å²) >= 11 is 6.16. The van der Waals surface area contributed by atoms with Crippen molar-refractivity contribution in [1.82, 2.24) is 14.9 Å². The highest BCUT2D eigenvalue weighted by Gasteiger charge is 2.09. The number of hydrogen-bond donors (Lipinski definition) is 2. The number of hydrazone groups is 1. The topological polar surface area (TPSA) is 91.7 Å². The SMILES string of the molecule is CN(C)C/C=C/C(=O)Nc1cccc(Oc2nc(N/N=C/c3ccc(F)cc3)ncc2Cl)c1. The van der Waals surface area contributed by atoms with Crippen molar-refractivity contribution in [3.05, 3.63) is 83.3 Å². The smallest absolute Gasteiger partial charge is 0.248 e. The number of halogens is 2. The van der Waals surface area contributed by atoms with Gasteiger partial charge in [-0.1, -0.05) is 35.9 Å². The lowest BCUT2D eigenvalue weighted by Crippen LogP contribution is -2.12. The molecule has 170 valence electrons. The van der Waals surface area contributed by atoms with Crippen molar-refractivity contribution in [2.75, 3.05) is 31.4 Å². The highest BCUT2D eigenvalue weighted by molar-refractivity contribution is 6.31. The lowest BCUT2D eigenvalue weighted by molar-refractivity contribution is -0.111. The third-order valence-electron chi connectivity index (χ3n) is 4.02. The van der Waals surface area contributed by atoms with Crippen molar-refractivity contribution in [2.24, 2.45) is 5.10 Å². The van der Waals surface area contributed by atoms with Gasteiger partial charge >= 0.3 is 0 Å². The molecule has 0 aliphatic heterocycles. The van der Waals surface area contributed by atoms with Crippen molar-refractivity contribution >= 4 is 35.4 Å². The molecule has 0 atom stereocenters. The van der Waals surface area contributed by atoms with Crippen molar-refractivity contribution in [1.29, 1.82) is 0 Å². The van der Waals surface area contributed by atoms with Gasteiger partial charge in [-0.25, -0.2) is 14.8 Å². The Kier molecular flexibility index (Phi) is 8.45. The summed E-state index contributed by atoms with van der Waals surface area (Å²) in [5.74, 6) is 0.113. The van der Waals surface area contributed by atoms with Crippen molar-refractivity contribution in [3.8, 4) is 11.6 Å². The Balaban J connectivity index is 1.64. The van der Waals surface area contributed by atoms with E-state index in [1.54, 1.807) is 42.5 Å². The fourth-order valence-corrected chi connectivity index (χ4v) is 2.62. The van der Waals surface area contributed by atoms with E-state index in [0.29, 0.717) is 23.5 Å². The molecule has 0 radical (unpaired) electrons. The van der Waals surface area contributed by atoms with Gasteiger partial charge in [0, 0.05) is 24.4 Å². The lowest BCUT2D eigenvalue weighted by Gasteiger charge is -2.09. The van der Waals surface area contributed by atoms with Gasteiger partial charge < -0.3 is 15.0 Å². The summed E-state index contributed by atoms with van der Waals surface area (Å²) in [6.07, 6.45) is 6.11. The van der Waals surface area contributed by atoms with Crippen LogP contribution in [0.1, 0.15) is 5.56 Å². The van der Waals surface area contributed by atoms with Crippen LogP contribution in [-0.4, -0.2) is 47.6 Å². The fraction of sp³-hybridized carbons (Fsp3) is 0.130. The number of aromatic nitrogens is 2. The van der Waals surface area contributed by atoms with Crippen molar-refractivity contribution in [2.45, 2.75) is 0 Å². The minimum absolute atomic E-state index is 0.112. The van der Waals surface area contributed by atoms with Crippen LogP contribution in [0.2, 0.25) is 5.02 Å². The Bertz CT molecular complexity index is 1150. The van der Waals surface area contributed by atoms with Gasteiger partial charge in [0.2, 0.25) is 17.7 Å². The molecule has 0 aliphatic carbocycles. The first-order chi connectivity index (χ1) is 15.9. The van der Waals surface area contributed by atoms with Gasteiger partial charge in [0.15, 0.2) is 0 Å². The number of anilines is 2. The lowest BCUT2D eigenvalue weighted by atomic mass is 10.2. The molecule has 8 nitrogen and oxygen atoms in total. The van der Waals surface area contributed by atoms with Crippen LogP contribution in [0.5, 0.6) is 11.6 Å². The number of rotatable bonds is 9. The number of nitrogens with zero attached hydrogens (tertiary/aromatic N) is 4. The zero-order chi connectivity index (χ0) is 23.6. The number of ether oxygens (including phenoxy) is 1. The first kappa shape index (κ1) is 23.8. The quantitative estimate of drug-likeness (QED) is 0.271. The predicted octanol–water partition coefficient (Wildman–Crippen LogP) is 4.56. The van der Waals surface area contributed by atoms with Crippen LogP contribution in [0.25, 0.3) is 0 Å². The molecule has 0 aliphatic rings. The van der Waals surface area contributed by atoms with E-state index in [4.69, 9.17) is 16.3 Å². The Morgan fingerprint density at radius 2 is 2.03 bits per heavy atom. The van der Waals surface area contributed by atoms with E-state index in [1.165, 1.54) is 30.6 Å². The van der Waals surface area contributed by atoms with E-state index in [9.17, 15) is 9.18 Å². The van der Waals surface area contributed by atoms with Crippen LogP contribution in [0, 0.1) is 5.82 Å². The van der Waals surface area contributed by atoms with Crippen LogP contribution in [0.15, 0.2) is 72.0 Å². The van der Waals surface area contributed by atoms with E-state index in [2.05, 4.69) is 25.8 Å². The molecule has 1 aromatic heterocycles. The number of hydrogen-bond acceptors (Lipinski definition) is 7. The Hall–Kier alpha value is -3.82. The van der Waals surface area contributed by atoms with Gasteiger partial charge in [0.25, 0.3) is 0 Å².